The highest BCUT2D eigenvalue weighted by atomic mass is 31.2. The van der Waals surface area contributed by atoms with Gasteiger partial charge in [0.15, 0.2) is 0 Å². The van der Waals surface area contributed by atoms with Gasteiger partial charge in [0, 0.05) is 12.8 Å². The fourth-order valence-corrected chi connectivity index (χ4v) is 7.93. The molecule has 3 atom stereocenters. The summed E-state index contributed by atoms with van der Waals surface area (Å²) < 4.78 is 30.1. The predicted octanol–water partition coefficient (Wildman–Crippen LogP) is 15.1. The van der Waals surface area contributed by atoms with Crippen molar-refractivity contribution >= 4 is 19.7 Å². The van der Waals surface area contributed by atoms with Crippen LogP contribution in [0.2, 0.25) is 0 Å². The Kier molecular flexibility index (Phi) is 44.4. The Morgan fingerprint density at radius 1 is 0.545 bits per heavy atom. The van der Waals surface area contributed by atoms with Gasteiger partial charge in [0.2, 0.25) is 5.91 Å². The molecule has 0 aromatic rings. The first-order valence-corrected chi connectivity index (χ1v) is 28.2. The van der Waals surface area contributed by atoms with E-state index in [1.165, 1.54) is 83.5 Å². The number of nitrogens with zero attached hydrogens (tertiary/aromatic N) is 1. The highest BCUT2D eigenvalue weighted by Crippen LogP contribution is 2.38. The van der Waals surface area contributed by atoms with E-state index in [9.17, 15) is 19.0 Å². The number of likely N-dealkylation sites (N-methyl/N-ethyl adjacent to an activating group) is 1. The first kappa shape index (κ1) is 63.5. The molecule has 0 aromatic carbocycles. The molecular weight excluding hydrogens is 844 g/mol. The summed E-state index contributed by atoms with van der Waals surface area (Å²) >= 11 is 0. The van der Waals surface area contributed by atoms with Crippen LogP contribution in [-0.4, -0.2) is 69.4 Å². The Hall–Kier alpha value is -2.55. The largest absolute Gasteiger partial charge is 0.756 e. The lowest BCUT2D eigenvalue weighted by Crippen LogP contribution is -2.47. The highest BCUT2D eigenvalue weighted by Gasteiger charge is 2.27. The standard InChI is InChI=1S/C56H101N2O7P/c1-7-10-13-16-19-22-25-27-28-29-31-33-36-39-42-45-48-55(59)57-53(52-64-66(61,62)63-51-50-58(4,5)6)54(47-44-41-38-35-32-24-21-18-15-12-9-3)65-56(60)49-46-43-40-37-34-30-26-23-20-17-14-11-8-2/h10,13,19,22,27-28,30-31,33-34,44,47,53-54H,7-9,11-12,14-18,20-21,23-26,29,32,35-43,45-46,48-52H2,1-6H3,(H-,57,59,61,62)/b13-10+,22-19+,28-27+,33-31+,34-30-,47-44+. The summed E-state index contributed by atoms with van der Waals surface area (Å²) in [4.78, 5) is 39.7. The summed E-state index contributed by atoms with van der Waals surface area (Å²) in [5, 5.41) is 2.99. The zero-order valence-electron chi connectivity index (χ0n) is 43.4. The summed E-state index contributed by atoms with van der Waals surface area (Å²) in [5.41, 5.74) is 0. The van der Waals surface area contributed by atoms with Crippen molar-refractivity contribution in [3.63, 3.8) is 0 Å². The van der Waals surface area contributed by atoms with Crippen LogP contribution in [-0.2, 0) is 27.9 Å². The molecule has 0 radical (unpaired) electrons. The van der Waals surface area contributed by atoms with Gasteiger partial charge in [0.05, 0.1) is 33.8 Å². The number of quaternary nitrogens is 1. The van der Waals surface area contributed by atoms with Crippen LogP contribution in [0, 0.1) is 0 Å². The third-order valence-corrected chi connectivity index (χ3v) is 12.3. The lowest BCUT2D eigenvalue weighted by molar-refractivity contribution is -0.870. The van der Waals surface area contributed by atoms with E-state index in [-0.39, 0.29) is 31.3 Å². The van der Waals surface area contributed by atoms with Crippen LogP contribution >= 0.6 is 7.82 Å². The molecule has 0 bridgehead atoms. The number of phosphoric acid groups is 1. The maximum atomic E-state index is 13.4. The number of carbonyl (C=O) groups excluding carboxylic acids is 2. The molecule has 0 saturated carbocycles. The molecule has 0 aliphatic rings. The van der Waals surface area contributed by atoms with Gasteiger partial charge >= 0.3 is 5.97 Å². The average molecular weight is 945 g/mol. The fraction of sp³-hybridized carbons (Fsp3) is 0.750. The van der Waals surface area contributed by atoms with Gasteiger partial charge in [-0.3, -0.25) is 14.2 Å². The van der Waals surface area contributed by atoms with Crippen LogP contribution < -0.4 is 10.2 Å². The van der Waals surface area contributed by atoms with Crippen molar-refractivity contribution in [3.05, 3.63) is 72.9 Å². The molecule has 3 unspecified atom stereocenters. The van der Waals surface area contributed by atoms with Crippen molar-refractivity contribution in [2.45, 2.75) is 232 Å². The van der Waals surface area contributed by atoms with E-state index in [0.29, 0.717) is 23.9 Å². The Morgan fingerprint density at radius 3 is 1.47 bits per heavy atom. The lowest BCUT2D eigenvalue weighted by atomic mass is 10.1. The Balaban J connectivity index is 5.47. The number of unbranched alkanes of at least 4 members (excludes halogenated alkanes) is 21. The molecule has 0 saturated heterocycles. The Bertz CT molecular complexity index is 1370. The van der Waals surface area contributed by atoms with Crippen molar-refractivity contribution in [1.29, 1.82) is 0 Å². The molecular formula is C56H101N2O7P. The van der Waals surface area contributed by atoms with E-state index in [1.54, 1.807) is 0 Å². The molecule has 0 aliphatic carbocycles. The van der Waals surface area contributed by atoms with Crippen LogP contribution in [0.1, 0.15) is 220 Å². The third-order valence-electron chi connectivity index (χ3n) is 11.4. The van der Waals surface area contributed by atoms with Gasteiger partial charge in [-0.2, -0.15) is 0 Å². The molecule has 0 heterocycles. The van der Waals surface area contributed by atoms with E-state index in [2.05, 4.69) is 86.8 Å². The number of ether oxygens (including phenoxy) is 1. The molecule has 10 heteroatoms. The van der Waals surface area contributed by atoms with Gasteiger partial charge in [0.1, 0.15) is 19.3 Å². The zero-order valence-corrected chi connectivity index (χ0v) is 44.3. The Labute approximate surface area is 406 Å². The molecule has 0 rings (SSSR count). The topological polar surface area (TPSA) is 114 Å². The van der Waals surface area contributed by atoms with E-state index in [1.807, 2.05) is 33.3 Å². The van der Waals surface area contributed by atoms with Gasteiger partial charge in [0.25, 0.3) is 7.82 Å². The SMILES string of the molecule is CC/C=C/C/C=C/C/C=C/C/C=C/CCCCCC(=O)NC(COP(=O)([O-])OCC[N+](C)(C)C)C(/C=C/CCCCCCCCCCC)OC(=O)CCCCC/C=C\CCCCCCCC. The Morgan fingerprint density at radius 2 is 0.970 bits per heavy atom. The maximum Gasteiger partial charge on any atom is 0.306 e. The van der Waals surface area contributed by atoms with Crippen LogP contribution in [0.4, 0.5) is 0 Å². The fourth-order valence-electron chi connectivity index (χ4n) is 7.21. The van der Waals surface area contributed by atoms with E-state index in [0.717, 1.165) is 89.9 Å². The van der Waals surface area contributed by atoms with Crippen LogP contribution in [0.25, 0.3) is 0 Å². The predicted molar refractivity (Wildman–Crippen MR) is 279 cm³/mol. The number of hydrogen-bond donors (Lipinski definition) is 1. The number of hydrogen-bond acceptors (Lipinski definition) is 7. The first-order chi connectivity index (χ1) is 31.9. The smallest absolute Gasteiger partial charge is 0.306 e. The number of esters is 1. The van der Waals surface area contributed by atoms with E-state index < -0.39 is 26.6 Å². The van der Waals surface area contributed by atoms with Gasteiger partial charge in [-0.05, 0) is 96.0 Å². The normalized spacial score (nSPS) is 14.5. The molecule has 66 heavy (non-hydrogen) atoms. The minimum absolute atomic E-state index is 0.0335. The third kappa shape index (κ3) is 46.6. The minimum Gasteiger partial charge on any atom is -0.756 e. The van der Waals surface area contributed by atoms with E-state index in [4.69, 9.17) is 13.8 Å². The van der Waals surface area contributed by atoms with Crippen LogP contribution in [0.5, 0.6) is 0 Å². The second-order valence-corrected chi connectivity index (χ2v) is 20.4. The van der Waals surface area contributed by atoms with Gasteiger partial charge in [-0.1, -0.05) is 184 Å². The van der Waals surface area contributed by atoms with Crippen molar-refractivity contribution in [2.24, 2.45) is 0 Å². The van der Waals surface area contributed by atoms with Crippen LogP contribution in [0.15, 0.2) is 72.9 Å². The summed E-state index contributed by atoms with van der Waals surface area (Å²) in [6.07, 6.45) is 57.3. The monoisotopic (exact) mass is 945 g/mol. The number of amides is 1. The molecule has 0 fully saturated rings. The number of rotatable bonds is 47. The molecule has 1 amide bonds. The van der Waals surface area contributed by atoms with Crippen LogP contribution in [0.3, 0.4) is 0 Å². The molecule has 0 spiro atoms. The maximum absolute atomic E-state index is 13.4. The van der Waals surface area contributed by atoms with Crippen molar-refractivity contribution in [3.8, 4) is 0 Å². The second-order valence-electron chi connectivity index (χ2n) is 19.0. The first-order valence-electron chi connectivity index (χ1n) is 26.7. The summed E-state index contributed by atoms with van der Waals surface area (Å²) in [6, 6.07) is -0.911. The van der Waals surface area contributed by atoms with Crippen molar-refractivity contribution in [1.82, 2.24) is 5.32 Å². The quantitative estimate of drug-likeness (QED) is 0.0212. The van der Waals surface area contributed by atoms with Gasteiger partial charge in [-0.25, -0.2) is 0 Å². The molecule has 1 N–H and O–H groups in total. The van der Waals surface area contributed by atoms with E-state index >= 15 is 0 Å². The summed E-state index contributed by atoms with van der Waals surface area (Å²) in [5.74, 6) is -0.602. The summed E-state index contributed by atoms with van der Waals surface area (Å²) in [7, 11) is 1.15. The van der Waals surface area contributed by atoms with Gasteiger partial charge < -0.3 is 28.5 Å². The summed E-state index contributed by atoms with van der Waals surface area (Å²) in [6.45, 7) is 6.65. The second kappa shape index (κ2) is 46.2. The average Bonchev–Trinajstić information content (AvgIpc) is 3.27. The number of carbonyl (C=O) groups is 2. The lowest BCUT2D eigenvalue weighted by Gasteiger charge is -2.30. The zero-order chi connectivity index (χ0) is 48.7. The molecule has 382 valence electrons. The van der Waals surface area contributed by atoms with Gasteiger partial charge in [-0.15, -0.1) is 0 Å². The van der Waals surface area contributed by atoms with Crippen molar-refractivity contribution < 1.29 is 37.3 Å². The molecule has 0 aliphatic heterocycles. The molecule has 0 aromatic heterocycles. The molecule has 9 nitrogen and oxygen atoms in total. The minimum atomic E-state index is -4.70. The number of allylic oxidation sites excluding steroid dienone is 11. The number of phosphoric ester groups is 1. The van der Waals surface area contributed by atoms with Crippen molar-refractivity contribution in [2.75, 3.05) is 40.9 Å². The highest BCUT2D eigenvalue weighted by molar-refractivity contribution is 7.45. The number of nitrogens with one attached hydrogen (secondary N) is 1.